The molecule has 4 heteroatoms. The van der Waals surface area contributed by atoms with Crippen molar-refractivity contribution in [3.05, 3.63) is 23.8 Å². The molecular weight excluding hydrogens is 324 g/mol. The molecule has 2 fully saturated rings. The summed E-state index contributed by atoms with van der Waals surface area (Å²) in [7, 11) is 0. The highest BCUT2D eigenvalue weighted by atomic mass is 16.6. The number of likely N-dealkylation sites (tertiary alicyclic amines) is 1. The highest BCUT2D eigenvalue weighted by Gasteiger charge is 2.34. The lowest BCUT2D eigenvalue weighted by Gasteiger charge is -2.29. The predicted molar refractivity (Wildman–Crippen MR) is 106 cm³/mol. The summed E-state index contributed by atoms with van der Waals surface area (Å²) in [6, 6.07) is 0.918. The summed E-state index contributed by atoms with van der Waals surface area (Å²) in [5, 5.41) is 3.77. The number of fused-ring (bicyclic) bond motifs is 1. The largest absolute Gasteiger partial charge is 0.444 e. The van der Waals surface area contributed by atoms with Crippen LogP contribution in [0.25, 0.3) is 0 Å². The van der Waals surface area contributed by atoms with Gasteiger partial charge in [0.25, 0.3) is 0 Å². The molecule has 0 radical (unpaired) electrons. The average Bonchev–Trinajstić information content (AvgIpc) is 3.13. The summed E-state index contributed by atoms with van der Waals surface area (Å²) < 4.78 is 5.57. The van der Waals surface area contributed by atoms with Crippen molar-refractivity contribution in [2.75, 3.05) is 13.1 Å². The molecule has 4 atom stereocenters. The molecule has 3 aliphatic rings. The monoisotopic (exact) mass is 360 g/mol. The molecule has 0 aromatic rings. The third-order valence-electron chi connectivity index (χ3n) is 6.05. The van der Waals surface area contributed by atoms with Gasteiger partial charge in [-0.25, -0.2) is 4.79 Å². The Morgan fingerprint density at radius 3 is 2.96 bits per heavy atom. The summed E-state index contributed by atoms with van der Waals surface area (Å²) in [6.07, 6.45) is 13.6. The van der Waals surface area contributed by atoms with Gasteiger partial charge >= 0.3 is 6.09 Å². The molecule has 0 bridgehead atoms. The molecule has 0 aromatic heterocycles. The summed E-state index contributed by atoms with van der Waals surface area (Å²) in [5.74, 6) is 1.50. The van der Waals surface area contributed by atoms with Gasteiger partial charge in [-0.1, -0.05) is 30.7 Å². The van der Waals surface area contributed by atoms with Crippen molar-refractivity contribution in [3.63, 3.8) is 0 Å². The van der Waals surface area contributed by atoms with Crippen LogP contribution in [0.15, 0.2) is 23.8 Å². The molecule has 1 saturated heterocycles. The van der Waals surface area contributed by atoms with Gasteiger partial charge in [-0.05, 0) is 77.7 Å². The Kier molecular flexibility index (Phi) is 6.11. The highest BCUT2D eigenvalue weighted by molar-refractivity contribution is 5.68. The lowest BCUT2D eigenvalue weighted by Crippen LogP contribution is -2.41. The maximum absolute atomic E-state index is 12.4. The van der Waals surface area contributed by atoms with E-state index in [0.29, 0.717) is 12.1 Å². The molecule has 1 saturated carbocycles. The lowest BCUT2D eigenvalue weighted by molar-refractivity contribution is 0.0220. The first-order valence-corrected chi connectivity index (χ1v) is 10.4. The van der Waals surface area contributed by atoms with Gasteiger partial charge in [-0.3, -0.25) is 0 Å². The lowest BCUT2D eigenvalue weighted by atomic mass is 9.88. The van der Waals surface area contributed by atoms with Gasteiger partial charge < -0.3 is 15.0 Å². The Balaban J connectivity index is 1.45. The number of amides is 1. The van der Waals surface area contributed by atoms with Crippen molar-refractivity contribution in [1.29, 1.82) is 0 Å². The van der Waals surface area contributed by atoms with E-state index in [1.807, 2.05) is 25.7 Å². The van der Waals surface area contributed by atoms with Crippen molar-refractivity contribution in [2.24, 2.45) is 11.8 Å². The smallest absolute Gasteiger partial charge is 0.410 e. The molecule has 1 N–H and O–H groups in total. The molecule has 0 spiro atoms. The minimum Gasteiger partial charge on any atom is -0.444 e. The van der Waals surface area contributed by atoms with Crippen LogP contribution in [0.5, 0.6) is 0 Å². The quantitative estimate of drug-likeness (QED) is 0.792. The minimum atomic E-state index is -0.416. The highest BCUT2D eigenvalue weighted by Crippen LogP contribution is 2.39. The van der Waals surface area contributed by atoms with Crippen molar-refractivity contribution in [3.8, 4) is 0 Å². The van der Waals surface area contributed by atoms with Crippen LogP contribution >= 0.6 is 0 Å². The standard InChI is InChI=1S/C22H36N2O2/c1-16-8-5-6-9-17-14-18(15-20(16)17)23-12-11-19-10-7-13-24(19)21(25)26-22(2,3)4/h5-6,9,16,18-20,23H,7-8,10-15H2,1-4H3. The maximum atomic E-state index is 12.4. The van der Waals surface area contributed by atoms with Crippen molar-refractivity contribution in [1.82, 2.24) is 10.2 Å². The number of nitrogens with zero attached hydrogens (tertiary/aromatic N) is 1. The van der Waals surface area contributed by atoms with Crippen LogP contribution in [0.3, 0.4) is 0 Å². The predicted octanol–water partition coefficient (Wildman–Crippen LogP) is 4.67. The van der Waals surface area contributed by atoms with E-state index in [-0.39, 0.29) is 6.09 Å². The molecule has 1 heterocycles. The van der Waals surface area contributed by atoms with Crippen LogP contribution < -0.4 is 5.32 Å². The third-order valence-corrected chi connectivity index (χ3v) is 6.05. The molecule has 26 heavy (non-hydrogen) atoms. The Morgan fingerprint density at radius 1 is 1.38 bits per heavy atom. The molecule has 0 aromatic carbocycles. The normalized spacial score (nSPS) is 31.5. The number of carbonyl (C=O) groups is 1. The van der Waals surface area contributed by atoms with Crippen molar-refractivity contribution >= 4 is 6.09 Å². The molecule has 2 aliphatic carbocycles. The Labute approximate surface area is 159 Å². The van der Waals surface area contributed by atoms with Gasteiger partial charge in [0.1, 0.15) is 5.60 Å². The van der Waals surface area contributed by atoms with Gasteiger partial charge in [0.2, 0.25) is 0 Å². The van der Waals surface area contributed by atoms with E-state index in [0.717, 1.165) is 44.2 Å². The SMILES string of the molecule is CC1CC=CC=C2CC(NCCC3CCCN3C(=O)OC(C)(C)C)CC21. The minimum absolute atomic E-state index is 0.145. The van der Waals surface area contributed by atoms with Crippen LogP contribution in [0.4, 0.5) is 4.79 Å². The zero-order valence-corrected chi connectivity index (χ0v) is 17.0. The molecule has 1 aliphatic heterocycles. The zero-order valence-electron chi connectivity index (χ0n) is 17.0. The van der Waals surface area contributed by atoms with Crippen molar-refractivity contribution < 1.29 is 9.53 Å². The summed E-state index contributed by atoms with van der Waals surface area (Å²) >= 11 is 0. The average molecular weight is 361 g/mol. The number of hydrogen-bond acceptors (Lipinski definition) is 3. The fourth-order valence-electron chi connectivity index (χ4n) is 4.72. The molecule has 1 amide bonds. The molecule has 4 nitrogen and oxygen atoms in total. The van der Waals surface area contributed by atoms with E-state index in [1.165, 1.54) is 19.3 Å². The first-order chi connectivity index (χ1) is 12.3. The number of rotatable bonds is 4. The fourth-order valence-corrected chi connectivity index (χ4v) is 4.72. The van der Waals surface area contributed by atoms with Crippen LogP contribution in [-0.4, -0.2) is 41.8 Å². The van der Waals surface area contributed by atoms with E-state index < -0.39 is 5.60 Å². The summed E-state index contributed by atoms with van der Waals surface area (Å²) in [4.78, 5) is 14.3. The molecule has 3 rings (SSSR count). The first kappa shape index (κ1) is 19.5. The second-order valence-electron chi connectivity index (χ2n) is 9.34. The van der Waals surface area contributed by atoms with Crippen LogP contribution in [0, 0.1) is 11.8 Å². The maximum Gasteiger partial charge on any atom is 0.410 e. The number of carbonyl (C=O) groups excluding carboxylic acids is 1. The van der Waals surface area contributed by atoms with Gasteiger partial charge in [0.05, 0.1) is 0 Å². The molecule has 4 unspecified atom stereocenters. The molecule has 146 valence electrons. The van der Waals surface area contributed by atoms with Crippen LogP contribution in [-0.2, 0) is 4.74 Å². The van der Waals surface area contributed by atoms with E-state index in [2.05, 4.69) is 30.5 Å². The first-order valence-electron chi connectivity index (χ1n) is 10.4. The van der Waals surface area contributed by atoms with E-state index in [9.17, 15) is 4.79 Å². The third kappa shape index (κ3) is 4.91. The number of hydrogen-bond donors (Lipinski definition) is 1. The van der Waals surface area contributed by atoms with E-state index in [1.54, 1.807) is 5.57 Å². The van der Waals surface area contributed by atoms with Crippen LogP contribution in [0.2, 0.25) is 0 Å². The Bertz CT molecular complexity index is 561. The number of ether oxygens (including phenoxy) is 1. The Morgan fingerprint density at radius 2 is 2.19 bits per heavy atom. The summed E-state index contributed by atoms with van der Waals surface area (Å²) in [6.45, 7) is 10.0. The van der Waals surface area contributed by atoms with E-state index >= 15 is 0 Å². The van der Waals surface area contributed by atoms with Crippen LogP contribution in [0.1, 0.15) is 66.2 Å². The van der Waals surface area contributed by atoms with Gasteiger partial charge in [-0.15, -0.1) is 0 Å². The second kappa shape index (κ2) is 8.16. The van der Waals surface area contributed by atoms with Gasteiger partial charge in [0, 0.05) is 18.6 Å². The zero-order chi connectivity index (χ0) is 18.7. The molecular formula is C22H36N2O2. The van der Waals surface area contributed by atoms with Gasteiger partial charge in [-0.2, -0.15) is 0 Å². The topological polar surface area (TPSA) is 41.6 Å². The summed E-state index contributed by atoms with van der Waals surface area (Å²) in [5.41, 5.74) is 1.21. The number of allylic oxidation sites excluding steroid dienone is 3. The van der Waals surface area contributed by atoms with Crippen molar-refractivity contribution in [2.45, 2.75) is 83.9 Å². The van der Waals surface area contributed by atoms with Gasteiger partial charge in [0.15, 0.2) is 0 Å². The number of nitrogens with one attached hydrogen (secondary N) is 1. The second-order valence-corrected chi connectivity index (χ2v) is 9.34. The fraction of sp³-hybridized carbons (Fsp3) is 0.773. The Hall–Kier alpha value is -1.29. The van der Waals surface area contributed by atoms with E-state index in [4.69, 9.17) is 4.74 Å².